The zero-order chi connectivity index (χ0) is 16.8. The largest absolute Gasteiger partial charge is 0.494 e. The van der Waals surface area contributed by atoms with Gasteiger partial charge in [-0.05, 0) is 45.0 Å². The molecule has 2 aromatic carbocycles. The molecule has 0 aliphatic rings. The van der Waals surface area contributed by atoms with Crippen molar-refractivity contribution in [3.63, 3.8) is 0 Å². The molecule has 0 saturated carbocycles. The topological polar surface area (TPSA) is 50.4 Å². The van der Waals surface area contributed by atoms with Crippen LogP contribution in [0.15, 0.2) is 42.5 Å². The smallest absolute Gasteiger partial charge is 0.319 e. The van der Waals surface area contributed by atoms with Gasteiger partial charge in [-0.3, -0.25) is 0 Å². The molecule has 0 fully saturated rings. The van der Waals surface area contributed by atoms with Crippen LogP contribution >= 0.6 is 11.6 Å². The number of amides is 2. The Hall–Kier alpha value is -2.20. The minimum atomic E-state index is -0.288. The van der Waals surface area contributed by atoms with Crippen molar-refractivity contribution in [1.82, 2.24) is 5.32 Å². The molecule has 0 aromatic heterocycles. The third-order valence-electron chi connectivity index (χ3n) is 3.36. The van der Waals surface area contributed by atoms with Gasteiger partial charge in [0, 0.05) is 16.3 Å². The normalized spacial score (nSPS) is 11.7. The van der Waals surface area contributed by atoms with Crippen LogP contribution in [0, 0.1) is 6.92 Å². The number of halogens is 1. The van der Waals surface area contributed by atoms with Crippen molar-refractivity contribution in [2.45, 2.75) is 26.8 Å². The van der Waals surface area contributed by atoms with Gasteiger partial charge >= 0.3 is 6.03 Å². The van der Waals surface area contributed by atoms with E-state index in [0.29, 0.717) is 17.3 Å². The summed E-state index contributed by atoms with van der Waals surface area (Å²) in [4.78, 5) is 12.2. The van der Waals surface area contributed by atoms with Crippen LogP contribution in [-0.4, -0.2) is 12.6 Å². The van der Waals surface area contributed by atoms with Gasteiger partial charge in [-0.15, -0.1) is 0 Å². The lowest BCUT2D eigenvalue weighted by Crippen LogP contribution is -2.31. The van der Waals surface area contributed by atoms with Gasteiger partial charge in [0.05, 0.1) is 12.6 Å². The highest BCUT2D eigenvalue weighted by Crippen LogP contribution is 2.26. The predicted octanol–water partition coefficient (Wildman–Crippen LogP) is 4.93. The van der Waals surface area contributed by atoms with Crippen LogP contribution in [0.1, 0.15) is 31.0 Å². The molecule has 2 N–H and O–H groups in total. The molecule has 0 aliphatic heterocycles. The number of ether oxygens (including phenoxy) is 1. The quantitative estimate of drug-likeness (QED) is 0.815. The first kappa shape index (κ1) is 17.2. The zero-order valence-electron chi connectivity index (χ0n) is 13.5. The standard InChI is InChI=1S/C18H21ClN2O2/c1-4-23-17-9-8-12(2)10-16(17)13(3)20-18(22)21-15-7-5-6-14(19)11-15/h5-11,13H,4H2,1-3H3,(H2,20,21,22). The predicted molar refractivity (Wildman–Crippen MR) is 94.4 cm³/mol. The molecular formula is C18H21ClN2O2. The van der Waals surface area contributed by atoms with Crippen molar-refractivity contribution in [2.75, 3.05) is 11.9 Å². The van der Waals surface area contributed by atoms with E-state index in [4.69, 9.17) is 16.3 Å². The maximum absolute atomic E-state index is 12.2. The van der Waals surface area contributed by atoms with Crippen LogP contribution in [0.25, 0.3) is 0 Å². The number of rotatable bonds is 5. The third kappa shape index (κ3) is 4.89. The molecule has 1 unspecified atom stereocenters. The van der Waals surface area contributed by atoms with Crippen LogP contribution in [0.3, 0.4) is 0 Å². The highest BCUT2D eigenvalue weighted by molar-refractivity contribution is 6.30. The summed E-state index contributed by atoms with van der Waals surface area (Å²) >= 11 is 5.91. The van der Waals surface area contributed by atoms with Crippen LogP contribution in [0.5, 0.6) is 5.75 Å². The summed E-state index contributed by atoms with van der Waals surface area (Å²) in [5, 5.41) is 6.27. The number of hydrogen-bond acceptors (Lipinski definition) is 2. The van der Waals surface area contributed by atoms with Gasteiger partial charge in [0.2, 0.25) is 0 Å². The van der Waals surface area contributed by atoms with Gasteiger partial charge in [0.15, 0.2) is 0 Å². The van der Waals surface area contributed by atoms with E-state index in [2.05, 4.69) is 10.6 Å². The Bertz CT molecular complexity index is 688. The molecule has 0 spiro atoms. The number of anilines is 1. The Morgan fingerprint density at radius 3 is 2.74 bits per heavy atom. The Kier molecular flexibility index (Phi) is 5.88. The van der Waals surface area contributed by atoms with Crippen molar-refractivity contribution >= 4 is 23.3 Å². The van der Waals surface area contributed by atoms with Gasteiger partial charge in [-0.25, -0.2) is 4.79 Å². The van der Waals surface area contributed by atoms with Crippen LogP contribution in [-0.2, 0) is 0 Å². The van der Waals surface area contributed by atoms with Crippen molar-refractivity contribution in [3.05, 3.63) is 58.6 Å². The maximum Gasteiger partial charge on any atom is 0.319 e. The van der Waals surface area contributed by atoms with Crippen molar-refractivity contribution in [2.24, 2.45) is 0 Å². The fourth-order valence-corrected chi connectivity index (χ4v) is 2.49. The lowest BCUT2D eigenvalue weighted by Gasteiger charge is -2.19. The summed E-state index contributed by atoms with van der Waals surface area (Å²) in [6.45, 7) is 6.46. The molecule has 122 valence electrons. The van der Waals surface area contributed by atoms with E-state index >= 15 is 0 Å². The van der Waals surface area contributed by atoms with Gasteiger partial charge in [0.1, 0.15) is 5.75 Å². The lowest BCUT2D eigenvalue weighted by molar-refractivity contribution is 0.249. The van der Waals surface area contributed by atoms with Gasteiger partial charge in [-0.1, -0.05) is 35.4 Å². The number of aryl methyl sites for hydroxylation is 1. The number of hydrogen-bond donors (Lipinski definition) is 2. The molecule has 0 heterocycles. The Morgan fingerprint density at radius 2 is 2.04 bits per heavy atom. The highest BCUT2D eigenvalue weighted by atomic mass is 35.5. The van der Waals surface area contributed by atoms with E-state index in [1.807, 2.05) is 39.0 Å². The number of nitrogens with one attached hydrogen (secondary N) is 2. The lowest BCUT2D eigenvalue weighted by atomic mass is 10.0. The molecular weight excluding hydrogens is 312 g/mol. The van der Waals surface area contributed by atoms with E-state index in [1.165, 1.54) is 0 Å². The Morgan fingerprint density at radius 1 is 1.26 bits per heavy atom. The minimum Gasteiger partial charge on any atom is -0.494 e. The summed E-state index contributed by atoms with van der Waals surface area (Å²) in [5.74, 6) is 0.786. The van der Waals surface area contributed by atoms with Crippen LogP contribution < -0.4 is 15.4 Å². The average molecular weight is 333 g/mol. The number of carbonyl (C=O) groups excluding carboxylic acids is 1. The molecule has 0 radical (unpaired) electrons. The van der Waals surface area contributed by atoms with Crippen molar-refractivity contribution in [1.29, 1.82) is 0 Å². The number of carbonyl (C=O) groups is 1. The molecule has 5 heteroatoms. The summed E-state index contributed by atoms with van der Waals surface area (Å²) in [6.07, 6.45) is 0. The first-order valence-electron chi connectivity index (χ1n) is 7.56. The maximum atomic E-state index is 12.2. The summed E-state index contributed by atoms with van der Waals surface area (Å²) in [6, 6.07) is 12.5. The van der Waals surface area contributed by atoms with Gasteiger partial charge < -0.3 is 15.4 Å². The summed E-state index contributed by atoms with van der Waals surface area (Å²) < 4.78 is 5.64. The summed E-state index contributed by atoms with van der Waals surface area (Å²) in [5.41, 5.74) is 2.72. The van der Waals surface area contributed by atoms with Gasteiger partial charge in [0.25, 0.3) is 0 Å². The van der Waals surface area contributed by atoms with Crippen LogP contribution in [0.4, 0.5) is 10.5 Å². The number of urea groups is 1. The minimum absolute atomic E-state index is 0.185. The molecule has 2 amide bonds. The second-order valence-corrected chi connectivity index (χ2v) is 5.74. The molecule has 2 rings (SSSR count). The number of benzene rings is 2. The van der Waals surface area contributed by atoms with Crippen molar-refractivity contribution < 1.29 is 9.53 Å². The van der Waals surface area contributed by atoms with Crippen LogP contribution in [0.2, 0.25) is 5.02 Å². The first-order chi connectivity index (χ1) is 11.0. The second-order valence-electron chi connectivity index (χ2n) is 5.30. The molecule has 1 atom stereocenters. The van der Waals surface area contributed by atoms with Gasteiger partial charge in [-0.2, -0.15) is 0 Å². The molecule has 4 nitrogen and oxygen atoms in total. The highest BCUT2D eigenvalue weighted by Gasteiger charge is 2.14. The average Bonchev–Trinajstić information content (AvgIpc) is 2.49. The van der Waals surface area contributed by atoms with E-state index in [0.717, 1.165) is 16.9 Å². The van der Waals surface area contributed by atoms with E-state index in [1.54, 1.807) is 24.3 Å². The fourth-order valence-electron chi connectivity index (χ4n) is 2.30. The fraction of sp³-hybridized carbons (Fsp3) is 0.278. The Balaban J connectivity index is 2.07. The Labute approximate surface area is 141 Å². The van der Waals surface area contributed by atoms with Crippen molar-refractivity contribution in [3.8, 4) is 5.75 Å². The first-order valence-corrected chi connectivity index (χ1v) is 7.94. The SMILES string of the molecule is CCOc1ccc(C)cc1C(C)NC(=O)Nc1cccc(Cl)c1. The monoisotopic (exact) mass is 332 g/mol. The van der Waals surface area contributed by atoms with E-state index < -0.39 is 0 Å². The zero-order valence-corrected chi connectivity index (χ0v) is 14.3. The van der Waals surface area contributed by atoms with E-state index in [9.17, 15) is 4.79 Å². The van der Waals surface area contributed by atoms with E-state index in [-0.39, 0.29) is 12.1 Å². The molecule has 0 saturated heterocycles. The molecule has 0 bridgehead atoms. The summed E-state index contributed by atoms with van der Waals surface area (Å²) in [7, 11) is 0. The second kappa shape index (κ2) is 7.88. The molecule has 2 aromatic rings. The molecule has 23 heavy (non-hydrogen) atoms. The molecule has 0 aliphatic carbocycles. The third-order valence-corrected chi connectivity index (χ3v) is 3.60.